The Morgan fingerprint density at radius 2 is 2.21 bits per heavy atom. The summed E-state index contributed by atoms with van der Waals surface area (Å²) >= 11 is 3.27. The summed E-state index contributed by atoms with van der Waals surface area (Å²) in [4.78, 5) is 11.0. The summed E-state index contributed by atoms with van der Waals surface area (Å²) < 4.78 is 5.00. The van der Waals surface area contributed by atoms with Gasteiger partial charge in [-0.15, -0.1) is 0 Å². The van der Waals surface area contributed by atoms with Crippen LogP contribution in [0.1, 0.15) is 21.5 Å². The number of halogens is 1. The molecule has 3 nitrogen and oxygen atoms in total. The molecule has 1 aromatic rings. The van der Waals surface area contributed by atoms with E-state index in [2.05, 4.69) is 15.9 Å². The zero-order valence-electron chi connectivity index (χ0n) is 8.00. The van der Waals surface area contributed by atoms with Gasteiger partial charge in [0.25, 0.3) is 0 Å². The number of rotatable bonds is 3. The van der Waals surface area contributed by atoms with Gasteiger partial charge in [0.15, 0.2) is 0 Å². The molecular weight excluding hydrogens is 248 g/mol. The van der Waals surface area contributed by atoms with Crippen molar-refractivity contribution in [1.82, 2.24) is 0 Å². The molecule has 0 aliphatic heterocycles. The van der Waals surface area contributed by atoms with Crippen molar-refractivity contribution in [1.29, 1.82) is 0 Å². The van der Waals surface area contributed by atoms with Gasteiger partial charge >= 0.3 is 5.97 Å². The number of ether oxygens (including phenoxy) is 1. The summed E-state index contributed by atoms with van der Waals surface area (Å²) in [5.41, 5.74) is 1.95. The van der Waals surface area contributed by atoms with Crippen molar-refractivity contribution in [2.45, 2.75) is 12.3 Å². The van der Waals surface area contributed by atoms with Crippen LogP contribution >= 0.6 is 15.9 Å². The number of alkyl halides is 1. The van der Waals surface area contributed by atoms with E-state index in [4.69, 9.17) is 9.84 Å². The van der Waals surface area contributed by atoms with Gasteiger partial charge < -0.3 is 9.84 Å². The van der Waals surface area contributed by atoms with E-state index in [1.807, 2.05) is 13.0 Å². The average molecular weight is 259 g/mol. The second-order valence-corrected chi connectivity index (χ2v) is 3.44. The lowest BCUT2D eigenvalue weighted by Crippen LogP contribution is -2.06. The molecule has 1 rings (SSSR count). The molecule has 0 saturated carbocycles. The van der Waals surface area contributed by atoms with Gasteiger partial charge in [0.1, 0.15) is 11.3 Å². The molecule has 0 bridgehead atoms. The largest absolute Gasteiger partial charge is 0.496 e. The maximum Gasteiger partial charge on any atom is 0.339 e. The molecule has 0 saturated heterocycles. The highest BCUT2D eigenvalue weighted by Crippen LogP contribution is 2.26. The fraction of sp³-hybridized carbons (Fsp3) is 0.300. The summed E-state index contributed by atoms with van der Waals surface area (Å²) in [7, 11) is 1.47. The molecule has 0 aliphatic carbocycles. The monoisotopic (exact) mass is 258 g/mol. The molecule has 1 aromatic carbocycles. The zero-order valence-corrected chi connectivity index (χ0v) is 9.59. The second kappa shape index (κ2) is 4.46. The molecule has 0 aliphatic rings. The van der Waals surface area contributed by atoms with E-state index >= 15 is 0 Å². The van der Waals surface area contributed by atoms with Crippen LogP contribution in [0.5, 0.6) is 5.75 Å². The highest BCUT2D eigenvalue weighted by atomic mass is 79.9. The number of aryl methyl sites for hydroxylation is 1. The number of hydrogen-bond acceptors (Lipinski definition) is 2. The Labute approximate surface area is 90.8 Å². The Morgan fingerprint density at radius 3 is 2.64 bits per heavy atom. The average Bonchev–Trinajstić information content (AvgIpc) is 2.17. The highest BCUT2D eigenvalue weighted by molar-refractivity contribution is 9.08. The van der Waals surface area contributed by atoms with Crippen LogP contribution in [-0.2, 0) is 5.33 Å². The molecular formula is C10H11BrO3. The van der Waals surface area contributed by atoms with Crippen molar-refractivity contribution >= 4 is 21.9 Å². The van der Waals surface area contributed by atoms with Gasteiger partial charge in [-0.3, -0.25) is 0 Å². The zero-order chi connectivity index (χ0) is 10.7. The molecule has 0 aromatic heterocycles. The molecule has 1 N–H and O–H groups in total. The molecule has 4 heteroatoms. The Kier molecular flexibility index (Phi) is 3.52. The highest BCUT2D eigenvalue weighted by Gasteiger charge is 2.17. The SMILES string of the molecule is COc1ccc(C)c(CBr)c1C(=O)O. The molecule has 0 amide bonds. The lowest BCUT2D eigenvalue weighted by molar-refractivity contribution is 0.0692. The smallest absolute Gasteiger partial charge is 0.339 e. The van der Waals surface area contributed by atoms with Crippen molar-refractivity contribution < 1.29 is 14.6 Å². The summed E-state index contributed by atoms with van der Waals surface area (Å²) in [6.07, 6.45) is 0. The third-order valence-electron chi connectivity index (χ3n) is 2.08. The van der Waals surface area contributed by atoms with Crippen molar-refractivity contribution in [3.8, 4) is 5.75 Å². The lowest BCUT2D eigenvalue weighted by Gasteiger charge is -2.11. The van der Waals surface area contributed by atoms with Crippen molar-refractivity contribution in [3.05, 3.63) is 28.8 Å². The Morgan fingerprint density at radius 1 is 1.57 bits per heavy atom. The number of carbonyl (C=O) groups is 1. The number of carboxylic acids is 1. The Balaban J connectivity index is 3.43. The van der Waals surface area contributed by atoms with Gasteiger partial charge in [-0.25, -0.2) is 4.79 Å². The number of benzene rings is 1. The first-order chi connectivity index (χ1) is 6.61. The Bertz CT molecular complexity index is 361. The predicted molar refractivity (Wildman–Crippen MR) is 57.3 cm³/mol. The van der Waals surface area contributed by atoms with Crippen molar-refractivity contribution in [2.24, 2.45) is 0 Å². The van der Waals surface area contributed by atoms with Crippen LogP contribution in [-0.4, -0.2) is 18.2 Å². The second-order valence-electron chi connectivity index (χ2n) is 2.88. The van der Waals surface area contributed by atoms with Crippen LogP contribution in [0.3, 0.4) is 0 Å². The van der Waals surface area contributed by atoms with Crippen LogP contribution < -0.4 is 4.74 Å². The standard InChI is InChI=1S/C10H11BrO3/c1-6-3-4-8(14-2)9(10(12)13)7(6)5-11/h3-4H,5H2,1-2H3,(H,12,13). The van der Waals surface area contributed by atoms with Crippen LogP contribution in [0.15, 0.2) is 12.1 Å². The third-order valence-corrected chi connectivity index (χ3v) is 2.64. The van der Waals surface area contributed by atoms with E-state index in [0.29, 0.717) is 11.1 Å². The van der Waals surface area contributed by atoms with Gasteiger partial charge in [0.05, 0.1) is 7.11 Å². The fourth-order valence-electron chi connectivity index (χ4n) is 1.31. The fourth-order valence-corrected chi connectivity index (χ4v) is 2.03. The van der Waals surface area contributed by atoms with E-state index in [1.165, 1.54) is 7.11 Å². The van der Waals surface area contributed by atoms with E-state index < -0.39 is 5.97 Å². The summed E-state index contributed by atoms with van der Waals surface area (Å²) in [5.74, 6) is -0.558. The van der Waals surface area contributed by atoms with Crippen LogP contribution in [0.25, 0.3) is 0 Å². The van der Waals surface area contributed by atoms with Crippen molar-refractivity contribution in [2.75, 3.05) is 7.11 Å². The van der Waals surface area contributed by atoms with Gasteiger partial charge in [-0.1, -0.05) is 22.0 Å². The molecule has 0 heterocycles. The quantitative estimate of drug-likeness (QED) is 0.848. The first kappa shape index (κ1) is 11.0. The van der Waals surface area contributed by atoms with E-state index in [9.17, 15) is 4.79 Å². The topological polar surface area (TPSA) is 46.5 Å². The minimum absolute atomic E-state index is 0.240. The minimum atomic E-state index is -0.958. The summed E-state index contributed by atoms with van der Waals surface area (Å²) in [6, 6.07) is 3.52. The molecule has 0 spiro atoms. The summed E-state index contributed by atoms with van der Waals surface area (Å²) in [6.45, 7) is 1.88. The molecule has 0 fully saturated rings. The normalized spacial score (nSPS) is 9.93. The van der Waals surface area contributed by atoms with E-state index in [1.54, 1.807) is 6.07 Å². The number of carboxylic acid groups (broad SMARTS) is 1. The first-order valence-electron chi connectivity index (χ1n) is 4.07. The number of hydrogen-bond donors (Lipinski definition) is 1. The third kappa shape index (κ3) is 1.90. The Hall–Kier alpha value is -1.03. The molecule has 76 valence electrons. The number of aromatic carboxylic acids is 1. The van der Waals surface area contributed by atoms with E-state index in [-0.39, 0.29) is 5.56 Å². The number of methoxy groups -OCH3 is 1. The molecule has 0 unspecified atom stereocenters. The predicted octanol–water partition coefficient (Wildman–Crippen LogP) is 2.60. The minimum Gasteiger partial charge on any atom is -0.496 e. The van der Waals surface area contributed by atoms with Crippen LogP contribution in [0, 0.1) is 6.92 Å². The lowest BCUT2D eigenvalue weighted by atomic mass is 10.0. The van der Waals surface area contributed by atoms with Crippen molar-refractivity contribution in [3.63, 3.8) is 0 Å². The van der Waals surface area contributed by atoms with E-state index in [0.717, 1.165) is 11.1 Å². The van der Waals surface area contributed by atoms with Gasteiger partial charge in [0, 0.05) is 5.33 Å². The van der Waals surface area contributed by atoms with Gasteiger partial charge in [-0.2, -0.15) is 0 Å². The first-order valence-corrected chi connectivity index (χ1v) is 5.19. The van der Waals surface area contributed by atoms with Crippen LogP contribution in [0.2, 0.25) is 0 Å². The molecule has 0 radical (unpaired) electrons. The van der Waals surface area contributed by atoms with Crippen LogP contribution in [0.4, 0.5) is 0 Å². The maximum absolute atomic E-state index is 11.0. The van der Waals surface area contributed by atoms with Gasteiger partial charge in [-0.05, 0) is 24.1 Å². The molecule has 0 atom stereocenters. The van der Waals surface area contributed by atoms with Gasteiger partial charge in [0.2, 0.25) is 0 Å². The summed E-state index contributed by atoms with van der Waals surface area (Å²) in [5, 5.41) is 9.54. The maximum atomic E-state index is 11.0. The molecule has 14 heavy (non-hydrogen) atoms.